The molecule has 1 unspecified atom stereocenters. The number of amides is 2. The molecule has 1 fully saturated rings. The van der Waals surface area contributed by atoms with Crippen molar-refractivity contribution in [3.8, 4) is 0 Å². The van der Waals surface area contributed by atoms with Crippen molar-refractivity contribution in [1.29, 1.82) is 0 Å². The van der Waals surface area contributed by atoms with Crippen molar-refractivity contribution in [2.24, 2.45) is 5.92 Å². The number of halogens is 4. The first kappa shape index (κ1) is 22.2. The van der Waals surface area contributed by atoms with E-state index < -0.39 is 41.2 Å². The van der Waals surface area contributed by atoms with Gasteiger partial charge in [0, 0.05) is 18.7 Å². The molecule has 1 heterocycles. The van der Waals surface area contributed by atoms with E-state index in [1.54, 1.807) is 25.1 Å². The number of nitrogens with zero attached hydrogens (tertiary/aromatic N) is 1. The summed E-state index contributed by atoms with van der Waals surface area (Å²) in [7, 11) is 0. The molecule has 9 heteroatoms. The Morgan fingerprint density at radius 1 is 1.17 bits per heavy atom. The third-order valence-electron chi connectivity index (χ3n) is 4.99. The third kappa shape index (κ3) is 4.63. The zero-order valence-electron chi connectivity index (χ0n) is 15.9. The molecule has 2 amide bonds. The predicted octanol–water partition coefficient (Wildman–Crippen LogP) is 3.94. The minimum absolute atomic E-state index is 0.157. The number of benzene rings is 2. The lowest BCUT2D eigenvalue weighted by atomic mass is 10.0. The Hall–Kier alpha value is -2.51. The lowest BCUT2D eigenvalue weighted by Crippen LogP contribution is -2.45. The van der Waals surface area contributed by atoms with Crippen LogP contribution in [0.2, 0.25) is 10.0 Å². The lowest BCUT2D eigenvalue weighted by Gasteiger charge is -2.31. The average molecular weight is 455 g/mol. The topological polar surface area (TPSA) is 66.5 Å². The maximum atomic E-state index is 14.5. The quantitative estimate of drug-likeness (QED) is 0.530. The van der Waals surface area contributed by atoms with Crippen molar-refractivity contribution in [2.75, 3.05) is 11.4 Å². The van der Waals surface area contributed by atoms with E-state index in [1.165, 1.54) is 0 Å². The summed E-state index contributed by atoms with van der Waals surface area (Å²) in [6.45, 7) is 1.53. The van der Waals surface area contributed by atoms with Crippen molar-refractivity contribution >= 4 is 46.5 Å². The molecule has 1 aliphatic rings. The zero-order chi connectivity index (χ0) is 22.0. The van der Waals surface area contributed by atoms with Gasteiger partial charge in [-0.2, -0.15) is 0 Å². The van der Waals surface area contributed by atoms with Crippen LogP contribution in [0.5, 0.6) is 0 Å². The number of carbonyl (C=O) groups excluding carboxylic acids is 3. The van der Waals surface area contributed by atoms with E-state index in [0.29, 0.717) is 29.0 Å². The van der Waals surface area contributed by atoms with Gasteiger partial charge in [0.1, 0.15) is 17.6 Å². The molecule has 2 aromatic carbocycles. The summed E-state index contributed by atoms with van der Waals surface area (Å²) in [5.74, 6) is -5.42. The highest BCUT2D eigenvalue weighted by Crippen LogP contribution is 2.28. The maximum absolute atomic E-state index is 14.5. The first-order chi connectivity index (χ1) is 14.2. The second-order valence-corrected chi connectivity index (χ2v) is 7.88. The molecule has 1 aliphatic heterocycles. The van der Waals surface area contributed by atoms with Crippen molar-refractivity contribution in [3.63, 3.8) is 0 Å². The number of anilines is 1. The minimum atomic E-state index is -1.26. The van der Waals surface area contributed by atoms with Gasteiger partial charge in [0.2, 0.25) is 11.7 Å². The Labute approximate surface area is 181 Å². The van der Waals surface area contributed by atoms with Crippen LogP contribution in [-0.2, 0) is 20.8 Å². The van der Waals surface area contributed by atoms with E-state index in [1.807, 2.05) is 0 Å². The number of Topliss-reactive ketones (excluding diaryl/α,β-unsaturated/α-hetero) is 1. The molecule has 5 nitrogen and oxygen atoms in total. The number of nitrogens with one attached hydrogen (secondary N) is 1. The van der Waals surface area contributed by atoms with Crippen LogP contribution in [-0.4, -0.2) is 30.2 Å². The molecule has 0 aromatic heterocycles. The summed E-state index contributed by atoms with van der Waals surface area (Å²) >= 11 is 12.0. The Bertz CT molecular complexity index is 1020. The molecule has 0 aliphatic carbocycles. The van der Waals surface area contributed by atoms with Crippen LogP contribution in [0.25, 0.3) is 0 Å². The second kappa shape index (κ2) is 9.10. The predicted molar refractivity (Wildman–Crippen MR) is 110 cm³/mol. The first-order valence-corrected chi connectivity index (χ1v) is 9.98. The average Bonchev–Trinajstić information content (AvgIpc) is 3.03. The Morgan fingerprint density at radius 3 is 2.50 bits per heavy atom. The zero-order valence-corrected chi connectivity index (χ0v) is 17.4. The van der Waals surface area contributed by atoms with Crippen molar-refractivity contribution in [1.82, 2.24) is 5.32 Å². The van der Waals surface area contributed by atoms with Gasteiger partial charge in [0.25, 0.3) is 5.91 Å². The molecule has 0 saturated carbocycles. The van der Waals surface area contributed by atoms with E-state index in [2.05, 4.69) is 5.32 Å². The maximum Gasteiger partial charge on any atom is 0.288 e. The molecule has 1 N–H and O–H groups in total. The molecule has 2 atom stereocenters. The Morgan fingerprint density at radius 2 is 1.90 bits per heavy atom. The van der Waals surface area contributed by atoms with E-state index in [0.717, 1.165) is 22.6 Å². The first-order valence-electron chi connectivity index (χ1n) is 9.23. The fraction of sp³-hybridized carbons (Fsp3) is 0.286. The molecule has 158 valence electrons. The van der Waals surface area contributed by atoms with Crippen LogP contribution in [0.15, 0.2) is 36.4 Å². The third-order valence-corrected chi connectivity index (χ3v) is 5.73. The normalized spacial score (nSPS) is 17.0. The van der Waals surface area contributed by atoms with Crippen LogP contribution < -0.4 is 10.2 Å². The van der Waals surface area contributed by atoms with Gasteiger partial charge in [-0.1, -0.05) is 29.3 Å². The number of carbonyl (C=O) groups is 3. The molecule has 1 saturated heterocycles. The number of rotatable bonds is 6. The van der Waals surface area contributed by atoms with E-state index in [4.69, 9.17) is 23.2 Å². The fourth-order valence-corrected chi connectivity index (χ4v) is 3.67. The van der Waals surface area contributed by atoms with Gasteiger partial charge in [-0.3, -0.25) is 14.4 Å². The van der Waals surface area contributed by atoms with Crippen LogP contribution in [0.1, 0.15) is 18.9 Å². The highest BCUT2D eigenvalue weighted by Gasteiger charge is 2.41. The SMILES string of the molecule is C[C@H](CCc1ccc(Cl)c(Cl)c1)N(C(=O)C1CNC(=O)C1=O)c1ccc(F)cc1F. The number of hydrogen-bond acceptors (Lipinski definition) is 3. The van der Waals surface area contributed by atoms with Gasteiger partial charge in [0.15, 0.2) is 0 Å². The van der Waals surface area contributed by atoms with E-state index in [-0.39, 0.29) is 12.2 Å². The summed E-state index contributed by atoms with van der Waals surface area (Å²) in [5, 5.41) is 3.12. The van der Waals surface area contributed by atoms with Gasteiger partial charge >= 0.3 is 0 Å². The largest absolute Gasteiger partial charge is 0.348 e. The van der Waals surface area contributed by atoms with Crippen molar-refractivity contribution in [2.45, 2.75) is 25.8 Å². The minimum Gasteiger partial charge on any atom is -0.348 e. The second-order valence-electron chi connectivity index (χ2n) is 7.07. The molecule has 0 bridgehead atoms. The molecule has 0 spiro atoms. The summed E-state index contributed by atoms with van der Waals surface area (Å²) in [6, 6.07) is 7.42. The molecular formula is C21H18Cl2F2N2O3. The van der Waals surface area contributed by atoms with Gasteiger partial charge in [-0.25, -0.2) is 8.78 Å². The van der Waals surface area contributed by atoms with Gasteiger partial charge in [0.05, 0.1) is 15.7 Å². The summed E-state index contributed by atoms with van der Waals surface area (Å²) in [4.78, 5) is 37.8. The van der Waals surface area contributed by atoms with Gasteiger partial charge in [-0.05, 0) is 49.6 Å². The van der Waals surface area contributed by atoms with Crippen LogP contribution in [0.4, 0.5) is 14.5 Å². The van der Waals surface area contributed by atoms with Gasteiger partial charge < -0.3 is 10.2 Å². The van der Waals surface area contributed by atoms with E-state index in [9.17, 15) is 23.2 Å². The smallest absolute Gasteiger partial charge is 0.288 e. The van der Waals surface area contributed by atoms with Crippen LogP contribution >= 0.6 is 23.2 Å². The molecular weight excluding hydrogens is 437 g/mol. The molecule has 30 heavy (non-hydrogen) atoms. The lowest BCUT2D eigenvalue weighted by molar-refractivity contribution is -0.139. The Balaban J connectivity index is 1.87. The summed E-state index contributed by atoms with van der Waals surface area (Å²) in [5.41, 5.74) is 0.701. The molecule has 2 aromatic rings. The molecule has 0 radical (unpaired) electrons. The van der Waals surface area contributed by atoms with E-state index >= 15 is 0 Å². The highest BCUT2D eigenvalue weighted by molar-refractivity contribution is 6.43. The van der Waals surface area contributed by atoms with Crippen molar-refractivity contribution in [3.05, 3.63) is 63.6 Å². The highest BCUT2D eigenvalue weighted by atomic mass is 35.5. The van der Waals surface area contributed by atoms with Gasteiger partial charge in [-0.15, -0.1) is 0 Å². The monoisotopic (exact) mass is 454 g/mol. The number of hydrogen-bond donors (Lipinski definition) is 1. The van der Waals surface area contributed by atoms with Crippen LogP contribution in [0, 0.1) is 17.6 Å². The molecule has 3 rings (SSSR count). The summed E-state index contributed by atoms with van der Waals surface area (Å²) < 4.78 is 27.9. The fourth-order valence-electron chi connectivity index (χ4n) is 3.35. The van der Waals surface area contributed by atoms with Crippen molar-refractivity contribution < 1.29 is 23.2 Å². The standard InChI is InChI=1S/C21H18Cl2F2N2O3/c1-11(2-3-12-4-6-15(22)16(23)8-12)27(18-7-5-13(24)9-17(18)25)21(30)14-10-26-20(29)19(14)28/h4-9,11,14H,2-3,10H2,1H3,(H,26,29)/t11-,14?/m1/s1. The number of aryl methyl sites for hydroxylation is 1. The Kier molecular flexibility index (Phi) is 6.73. The number of ketones is 1. The van der Waals surface area contributed by atoms with Crippen LogP contribution in [0.3, 0.4) is 0 Å². The summed E-state index contributed by atoms with van der Waals surface area (Å²) in [6.07, 6.45) is 0.878.